The Hall–Kier alpha value is -2.44. The van der Waals surface area contributed by atoms with Gasteiger partial charge in [-0.1, -0.05) is 0 Å². The molecular weight excluding hydrogens is 256 g/mol. The zero-order valence-electron chi connectivity index (χ0n) is 12.1. The highest BCUT2D eigenvalue weighted by molar-refractivity contribution is 5.88. The lowest BCUT2D eigenvalue weighted by Gasteiger charge is -2.07. The van der Waals surface area contributed by atoms with Crippen LogP contribution in [0, 0.1) is 27.7 Å². The SMILES string of the molecule is Cc1cc(C)nc(NC(=O)Cn2nc(C)c(N)c2C)n1. The molecule has 0 aliphatic rings. The van der Waals surface area contributed by atoms with Gasteiger partial charge in [-0.05, 0) is 33.8 Å². The van der Waals surface area contributed by atoms with E-state index < -0.39 is 0 Å². The fourth-order valence-electron chi connectivity index (χ4n) is 1.95. The summed E-state index contributed by atoms with van der Waals surface area (Å²) in [5.74, 6) is 0.0719. The lowest BCUT2D eigenvalue weighted by molar-refractivity contribution is -0.117. The van der Waals surface area contributed by atoms with E-state index >= 15 is 0 Å². The van der Waals surface area contributed by atoms with Gasteiger partial charge in [0.15, 0.2) is 0 Å². The average molecular weight is 274 g/mol. The molecule has 2 heterocycles. The van der Waals surface area contributed by atoms with Gasteiger partial charge in [0.1, 0.15) is 6.54 Å². The lowest BCUT2D eigenvalue weighted by atomic mass is 10.3. The van der Waals surface area contributed by atoms with Crippen molar-refractivity contribution in [1.82, 2.24) is 19.7 Å². The molecule has 2 aromatic rings. The minimum atomic E-state index is -0.236. The Labute approximate surface area is 117 Å². The smallest absolute Gasteiger partial charge is 0.248 e. The molecule has 0 aromatic carbocycles. The normalized spacial score (nSPS) is 10.6. The van der Waals surface area contributed by atoms with Gasteiger partial charge in [0.25, 0.3) is 0 Å². The number of hydrogen-bond donors (Lipinski definition) is 2. The molecule has 0 spiro atoms. The van der Waals surface area contributed by atoms with Gasteiger partial charge >= 0.3 is 0 Å². The minimum absolute atomic E-state index is 0.0836. The van der Waals surface area contributed by atoms with Crippen LogP contribution in [0.1, 0.15) is 22.8 Å². The minimum Gasteiger partial charge on any atom is -0.396 e. The summed E-state index contributed by atoms with van der Waals surface area (Å²) in [7, 11) is 0. The number of hydrogen-bond acceptors (Lipinski definition) is 5. The van der Waals surface area contributed by atoms with Crippen molar-refractivity contribution in [2.75, 3.05) is 11.1 Å². The van der Waals surface area contributed by atoms with Crippen LogP contribution in [0.25, 0.3) is 0 Å². The van der Waals surface area contributed by atoms with Gasteiger partial charge in [-0.25, -0.2) is 9.97 Å². The summed E-state index contributed by atoms with van der Waals surface area (Å²) in [5.41, 5.74) is 9.56. The van der Waals surface area contributed by atoms with Gasteiger partial charge in [-0.2, -0.15) is 5.10 Å². The maximum atomic E-state index is 12.0. The molecule has 2 rings (SSSR count). The molecular formula is C13H18N6O. The molecule has 7 heteroatoms. The Morgan fingerprint density at radius 3 is 2.35 bits per heavy atom. The largest absolute Gasteiger partial charge is 0.396 e. The molecule has 0 bridgehead atoms. The van der Waals surface area contributed by atoms with Crippen molar-refractivity contribution < 1.29 is 4.79 Å². The summed E-state index contributed by atoms with van der Waals surface area (Å²) in [5, 5.41) is 6.88. The summed E-state index contributed by atoms with van der Waals surface area (Å²) in [4.78, 5) is 20.3. The van der Waals surface area contributed by atoms with Crippen molar-refractivity contribution in [3.05, 3.63) is 28.8 Å². The number of nitrogen functional groups attached to an aromatic ring is 1. The van der Waals surface area contributed by atoms with Gasteiger partial charge in [-0.3, -0.25) is 14.8 Å². The van der Waals surface area contributed by atoms with Gasteiger partial charge in [-0.15, -0.1) is 0 Å². The van der Waals surface area contributed by atoms with Crippen molar-refractivity contribution in [3.8, 4) is 0 Å². The van der Waals surface area contributed by atoms with E-state index in [9.17, 15) is 4.79 Å². The standard InChI is InChI=1S/C13H18N6O/c1-7-5-8(2)16-13(15-7)17-11(20)6-19-10(4)12(14)9(3)18-19/h5H,6,14H2,1-4H3,(H,15,16,17,20). The molecule has 2 aromatic heterocycles. The molecule has 7 nitrogen and oxygen atoms in total. The maximum Gasteiger partial charge on any atom is 0.248 e. The Kier molecular flexibility index (Phi) is 3.69. The van der Waals surface area contributed by atoms with Gasteiger partial charge in [0.2, 0.25) is 11.9 Å². The van der Waals surface area contributed by atoms with Crippen molar-refractivity contribution >= 4 is 17.5 Å². The zero-order chi connectivity index (χ0) is 14.9. The fraction of sp³-hybridized carbons (Fsp3) is 0.385. The monoisotopic (exact) mass is 274 g/mol. The quantitative estimate of drug-likeness (QED) is 0.874. The molecule has 0 aliphatic carbocycles. The van der Waals surface area contributed by atoms with Crippen LogP contribution in [0.5, 0.6) is 0 Å². The Bertz CT molecular complexity index is 641. The van der Waals surface area contributed by atoms with E-state index in [2.05, 4.69) is 20.4 Å². The van der Waals surface area contributed by atoms with Crippen molar-refractivity contribution in [1.29, 1.82) is 0 Å². The number of carbonyl (C=O) groups excluding carboxylic acids is 1. The van der Waals surface area contributed by atoms with Crippen LogP contribution in [0.4, 0.5) is 11.6 Å². The van der Waals surface area contributed by atoms with E-state index in [1.807, 2.05) is 33.8 Å². The first-order chi connectivity index (χ1) is 9.36. The highest BCUT2D eigenvalue weighted by Gasteiger charge is 2.12. The first-order valence-corrected chi connectivity index (χ1v) is 6.28. The van der Waals surface area contributed by atoms with Crippen LogP contribution in [0.15, 0.2) is 6.07 Å². The Morgan fingerprint density at radius 1 is 1.25 bits per heavy atom. The molecule has 0 unspecified atom stereocenters. The number of rotatable bonds is 3. The molecule has 1 amide bonds. The van der Waals surface area contributed by atoms with E-state index in [1.165, 1.54) is 0 Å². The number of carbonyl (C=O) groups is 1. The molecule has 3 N–H and O–H groups in total. The van der Waals surface area contributed by atoms with E-state index in [-0.39, 0.29) is 12.5 Å². The third-order valence-corrected chi connectivity index (χ3v) is 2.96. The van der Waals surface area contributed by atoms with Crippen LogP contribution >= 0.6 is 0 Å². The molecule has 0 aliphatic heterocycles. The van der Waals surface area contributed by atoms with E-state index in [1.54, 1.807) is 4.68 Å². The summed E-state index contributed by atoms with van der Waals surface area (Å²) in [6.07, 6.45) is 0. The fourth-order valence-corrected chi connectivity index (χ4v) is 1.95. The van der Waals surface area contributed by atoms with Crippen molar-refractivity contribution in [3.63, 3.8) is 0 Å². The second-order valence-electron chi connectivity index (χ2n) is 4.76. The summed E-state index contributed by atoms with van der Waals surface area (Å²) < 4.78 is 1.57. The lowest BCUT2D eigenvalue weighted by Crippen LogP contribution is -2.22. The number of nitrogens with zero attached hydrogens (tertiary/aromatic N) is 4. The van der Waals surface area contributed by atoms with Crippen molar-refractivity contribution in [2.24, 2.45) is 0 Å². The first-order valence-electron chi connectivity index (χ1n) is 6.28. The zero-order valence-corrected chi connectivity index (χ0v) is 12.1. The second kappa shape index (κ2) is 5.28. The first kappa shape index (κ1) is 14.0. The van der Waals surface area contributed by atoms with Crippen molar-refractivity contribution in [2.45, 2.75) is 34.2 Å². The number of nitrogens with one attached hydrogen (secondary N) is 1. The summed E-state index contributed by atoms with van der Waals surface area (Å²) in [6.45, 7) is 7.43. The topological polar surface area (TPSA) is 98.7 Å². The van der Waals surface area contributed by atoms with Gasteiger partial charge in [0.05, 0.1) is 17.1 Å². The Morgan fingerprint density at radius 2 is 1.85 bits per heavy atom. The molecule has 0 atom stereocenters. The average Bonchev–Trinajstić information content (AvgIpc) is 2.55. The predicted octanol–water partition coefficient (Wildman–Crippen LogP) is 1.13. The van der Waals surface area contributed by atoms with E-state index in [4.69, 9.17) is 5.73 Å². The molecule has 0 radical (unpaired) electrons. The van der Waals surface area contributed by atoms with Crippen LogP contribution in [-0.2, 0) is 11.3 Å². The molecule has 0 saturated heterocycles. The number of aromatic nitrogens is 4. The third kappa shape index (κ3) is 2.93. The Balaban J connectivity index is 2.11. The second-order valence-corrected chi connectivity index (χ2v) is 4.76. The van der Waals surface area contributed by atoms with Crippen LogP contribution in [0.3, 0.4) is 0 Å². The van der Waals surface area contributed by atoms with Crippen LogP contribution in [-0.4, -0.2) is 25.7 Å². The number of amides is 1. The highest BCUT2D eigenvalue weighted by Crippen LogP contribution is 2.14. The highest BCUT2D eigenvalue weighted by atomic mass is 16.2. The van der Waals surface area contributed by atoms with Gasteiger partial charge in [0, 0.05) is 11.4 Å². The molecule has 0 fully saturated rings. The predicted molar refractivity (Wildman–Crippen MR) is 76.2 cm³/mol. The molecule has 20 heavy (non-hydrogen) atoms. The van der Waals surface area contributed by atoms with Crippen LogP contribution in [0.2, 0.25) is 0 Å². The number of aryl methyl sites for hydroxylation is 3. The van der Waals surface area contributed by atoms with E-state index in [0.717, 1.165) is 22.8 Å². The third-order valence-electron chi connectivity index (χ3n) is 2.96. The molecule has 0 saturated carbocycles. The summed E-state index contributed by atoms with van der Waals surface area (Å²) in [6, 6.07) is 1.84. The summed E-state index contributed by atoms with van der Waals surface area (Å²) >= 11 is 0. The molecule has 106 valence electrons. The van der Waals surface area contributed by atoms with E-state index in [0.29, 0.717) is 11.6 Å². The van der Waals surface area contributed by atoms with Crippen LogP contribution < -0.4 is 11.1 Å². The number of anilines is 2. The maximum absolute atomic E-state index is 12.0. The van der Waals surface area contributed by atoms with Gasteiger partial charge < -0.3 is 5.73 Å². The number of nitrogens with two attached hydrogens (primary N) is 1.